The number of likely N-dealkylation sites (tertiary alicyclic amines) is 1. The lowest BCUT2D eigenvalue weighted by Gasteiger charge is -2.35. The lowest BCUT2D eigenvalue weighted by molar-refractivity contribution is 0.0975. The van der Waals surface area contributed by atoms with Gasteiger partial charge in [-0.3, -0.25) is 0 Å². The number of piperidine rings is 1. The molecule has 25 heavy (non-hydrogen) atoms. The van der Waals surface area contributed by atoms with Crippen molar-refractivity contribution in [3.63, 3.8) is 0 Å². The van der Waals surface area contributed by atoms with Crippen LogP contribution in [0.15, 0.2) is 18.2 Å². The van der Waals surface area contributed by atoms with E-state index in [1.807, 2.05) is 32.1 Å². The van der Waals surface area contributed by atoms with Crippen LogP contribution in [0.25, 0.3) is 0 Å². The number of urea groups is 1. The average molecular weight is 411 g/mol. The molecule has 0 unspecified atom stereocenters. The third-order valence-corrected chi connectivity index (χ3v) is 4.85. The van der Waals surface area contributed by atoms with Crippen molar-refractivity contribution in [2.45, 2.75) is 18.9 Å². The molecule has 0 N–H and O–H groups in total. The lowest BCUT2D eigenvalue weighted by atomic mass is 10.1. The zero-order valence-electron chi connectivity index (χ0n) is 14.9. The van der Waals surface area contributed by atoms with Crippen LogP contribution in [0, 0.1) is 0 Å². The van der Waals surface area contributed by atoms with E-state index in [1.165, 1.54) is 0 Å². The minimum Gasteiger partial charge on any atom is -0.490 e. The van der Waals surface area contributed by atoms with Crippen molar-refractivity contribution in [1.82, 2.24) is 14.7 Å². The molecule has 0 aromatic heterocycles. The van der Waals surface area contributed by atoms with E-state index >= 15 is 0 Å². The van der Waals surface area contributed by atoms with Crippen LogP contribution in [0.1, 0.15) is 12.8 Å². The molecule has 0 spiro atoms. The molecule has 1 aliphatic rings. The van der Waals surface area contributed by atoms with E-state index in [0.717, 1.165) is 31.7 Å². The third kappa shape index (κ3) is 6.74. The number of rotatable bonds is 5. The molecule has 2 rings (SSSR count). The highest BCUT2D eigenvalue weighted by atomic mass is 35.5. The second-order valence-corrected chi connectivity index (χ2v) is 7.20. The van der Waals surface area contributed by atoms with Gasteiger partial charge >= 0.3 is 6.03 Å². The predicted octanol–water partition coefficient (Wildman–Crippen LogP) is 3.87. The van der Waals surface area contributed by atoms with Crippen LogP contribution in [0.2, 0.25) is 10.0 Å². The summed E-state index contributed by atoms with van der Waals surface area (Å²) in [6, 6.07) is 5.37. The van der Waals surface area contributed by atoms with Crippen LogP contribution < -0.4 is 4.74 Å². The van der Waals surface area contributed by atoms with Gasteiger partial charge in [0.2, 0.25) is 0 Å². The van der Waals surface area contributed by atoms with Gasteiger partial charge in [0.1, 0.15) is 11.9 Å². The second kappa shape index (κ2) is 10.3. The molecule has 1 aromatic carbocycles. The molecule has 142 valence electrons. The SMILES string of the molecule is CN(C)CCN(C)C(=O)N1CCC(Oc2ccc(Cl)c(Cl)c2)CC1.Cl. The van der Waals surface area contributed by atoms with Gasteiger partial charge < -0.3 is 19.4 Å². The zero-order valence-corrected chi connectivity index (χ0v) is 17.2. The highest BCUT2D eigenvalue weighted by Crippen LogP contribution is 2.28. The molecule has 0 aliphatic carbocycles. The summed E-state index contributed by atoms with van der Waals surface area (Å²) >= 11 is 11.9. The second-order valence-electron chi connectivity index (χ2n) is 6.39. The Bertz CT molecular complexity index is 564. The third-order valence-electron chi connectivity index (χ3n) is 4.12. The molecule has 5 nitrogen and oxygen atoms in total. The molecule has 1 aliphatic heterocycles. The van der Waals surface area contributed by atoms with Crippen molar-refractivity contribution in [2.24, 2.45) is 0 Å². The van der Waals surface area contributed by atoms with Gasteiger partial charge in [-0.25, -0.2) is 4.79 Å². The van der Waals surface area contributed by atoms with Crippen molar-refractivity contribution < 1.29 is 9.53 Å². The molecule has 0 saturated carbocycles. The van der Waals surface area contributed by atoms with Crippen LogP contribution in [-0.4, -0.2) is 74.2 Å². The number of carbonyl (C=O) groups excluding carboxylic acids is 1. The number of halogens is 3. The summed E-state index contributed by atoms with van der Waals surface area (Å²) < 4.78 is 5.96. The molecule has 8 heteroatoms. The Morgan fingerprint density at radius 3 is 2.36 bits per heavy atom. The van der Waals surface area contributed by atoms with Gasteiger partial charge in [-0.2, -0.15) is 0 Å². The highest BCUT2D eigenvalue weighted by molar-refractivity contribution is 6.42. The number of amides is 2. The number of carbonyl (C=O) groups is 1. The van der Waals surface area contributed by atoms with Gasteiger partial charge in [0.05, 0.1) is 10.0 Å². The summed E-state index contributed by atoms with van der Waals surface area (Å²) in [5.41, 5.74) is 0. The zero-order chi connectivity index (χ0) is 17.7. The number of ether oxygens (including phenoxy) is 1. The monoisotopic (exact) mass is 409 g/mol. The van der Waals surface area contributed by atoms with E-state index in [-0.39, 0.29) is 24.5 Å². The van der Waals surface area contributed by atoms with Crippen LogP contribution in [0.5, 0.6) is 5.75 Å². The Hall–Kier alpha value is -0.880. The molecule has 0 bridgehead atoms. The van der Waals surface area contributed by atoms with Gasteiger partial charge in [0.15, 0.2) is 0 Å². The molecule has 1 aromatic rings. The fourth-order valence-corrected chi connectivity index (χ4v) is 2.88. The van der Waals surface area contributed by atoms with Crippen molar-refractivity contribution in [2.75, 3.05) is 47.3 Å². The minimum absolute atomic E-state index is 0. The standard InChI is InChI=1S/C17H25Cl2N3O2.ClH/c1-20(2)10-11-21(3)17(23)22-8-6-13(7-9-22)24-14-4-5-15(18)16(19)12-14;/h4-5,12-13H,6-11H2,1-3H3;1H. The molecule has 2 amide bonds. The molecular formula is C17H26Cl3N3O2. The molecule has 1 heterocycles. The Labute approximate surface area is 166 Å². The number of benzene rings is 1. The fraction of sp³-hybridized carbons (Fsp3) is 0.588. The summed E-state index contributed by atoms with van der Waals surface area (Å²) in [4.78, 5) is 18.2. The van der Waals surface area contributed by atoms with Crippen LogP contribution in [0.4, 0.5) is 4.79 Å². The van der Waals surface area contributed by atoms with E-state index < -0.39 is 0 Å². The Morgan fingerprint density at radius 1 is 1.16 bits per heavy atom. The molecule has 1 fully saturated rings. The lowest BCUT2D eigenvalue weighted by Crippen LogP contribution is -2.48. The normalized spacial score (nSPS) is 15.0. The van der Waals surface area contributed by atoms with Crippen LogP contribution in [-0.2, 0) is 0 Å². The van der Waals surface area contributed by atoms with Gasteiger partial charge in [0, 0.05) is 52.1 Å². The van der Waals surface area contributed by atoms with Crippen molar-refractivity contribution >= 4 is 41.6 Å². The van der Waals surface area contributed by atoms with E-state index in [2.05, 4.69) is 4.90 Å². The number of hydrogen-bond acceptors (Lipinski definition) is 3. The molecule has 0 radical (unpaired) electrons. The Morgan fingerprint density at radius 2 is 1.80 bits per heavy atom. The summed E-state index contributed by atoms with van der Waals surface area (Å²) in [5, 5.41) is 1.01. The van der Waals surface area contributed by atoms with Gasteiger partial charge in [0.25, 0.3) is 0 Å². The van der Waals surface area contributed by atoms with E-state index in [9.17, 15) is 4.79 Å². The maximum Gasteiger partial charge on any atom is 0.319 e. The first-order valence-corrected chi connectivity index (χ1v) is 8.89. The number of hydrogen-bond donors (Lipinski definition) is 0. The van der Waals surface area contributed by atoms with Crippen molar-refractivity contribution in [1.29, 1.82) is 0 Å². The fourth-order valence-electron chi connectivity index (χ4n) is 2.59. The predicted molar refractivity (Wildman–Crippen MR) is 106 cm³/mol. The Kier molecular flexibility index (Phi) is 9.14. The van der Waals surface area contributed by atoms with Crippen molar-refractivity contribution in [3.8, 4) is 5.75 Å². The smallest absolute Gasteiger partial charge is 0.319 e. The summed E-state index contributed by atoms with van der Waals surface area (Å²) in [7, 11) is 5.86. The van der Waals surface area contributed by atoms with Gasteiger partial charge in [-0.1, -0.05) is 23.2 Å². The van der Waals surface area contributed by atoms with E-state index in [1.54, 1.807) is 17.0 Å². The molecule has 0 atom stereocenters. The number of nitrogens with zero attached hydrogens (tertiary/aromatic N) is 3. The molecular weight excluding hydrogens is 385 g/mol. The summed E-state index contributed by atoms with van der Waals surface area (Å²) in [5.74, 6) is 0.720. The quantitative estimate of drug-likeness (QED) is 0.739. The largest absolute Gasteiger partial charge is 0.490 e. The first kappa shape index (κ1) is 22.2. The highest BCUT2D eigenvalue weighted by Gasteiger charge is 2.25. The Balaban J connectivity index is 0.00000312. The van der Waals surface area contributed by atoms with Gasteiger partial charge in [-0.05, 0) is 26.2 Å². The maximum atomic E-state index is 12.4. The van der Waals surface area contributed by atoms with Crippen LogP contribution in [0.3, 0.4) is 0 Å². The number of likely N-dealkylation sites (N-methyl/N-ethyl adjacent to an activating group) is 2. The first-order chi connectivity index (χ1) is 11.4. The first-order valence-electron chi connectivity index (χ1n) is 8.13. The topological polar surface area (TPSA) is 36.0 Å². The van der Waals surface area contributed by atoms with Gasteiger partial charge in [-0.15, -0.1) is 12.4 Å². The van der Waals surface area contributed by atoms with E-state index in [0.29, 0.717) is 23.1 Å². The van der Waals surface area contributed by atoms with Crippen molar-refractivity contribution in [3.05, 3.63) is 28.2 Å². The average Bonchev–Trinajstić information content (AvgIpc) is 2.56. The maximum absolute atomic E-state index is 12.4. The summed E-state index contributed by atoms with van der Waals surface area (Å²) in [6.07, 6.45) is 1.72. The molecule has 1 saturated heterocycles. The minimum atomic E-state index is 0. The summed E-state index contributed by atoms with van der Waals surface area (Å²) in [6.45, 7) is 3.00. The van der Waals surface area contributed by atoms with E-state index in [4.69, 9.17) is 27.9 Å². The van der Waals surface area contributed by atoms with Crippen LogP contribution >= 0.6 is 35.6 Å².